The van der Waals surface area contributed by atoms with Crippen molar-refractivity contribution in [3.63, 3.8) is 0 Å². The van der Waals surface area contributed by atoms with Crippen LogP contribution in [0.3, 0.4) is 0 Å². The van der Waals surface area contributed by atoms with Crippen LogP contribution in [0.5, 0.6) is 0 Å². The Morgan fingerprint density at radius 1 is 1.15 bits per heavy atom. The number of imidazole rings is 1. The van der Waals surface area contributed by atoms with Gasteiger partial charge in [-0.05, 0) is 45.3 Å². The van der Waals surface area contributed by atoms with Crippen molar-refractivity contribution < 1.29 is 14.1 Å². The minimum atomic E-state index is -0.422. The Morgan fingerprint density at radius 2 is 1.73 bits per heavy atom. The third-order valence-electron chi connectivity index (χ3n) is 5.33. The Balaban J connectivity index is 1.70. The van der Waals surface area contributed by atoms with Crippen molar-refractivity contribution in [2.75, 3.05) is 7.05 Å². The molecule has 0 spiro atoms. The summed E-state index contributed by atoms with van der Waals surface area (Å²) in [5, 5.41) is 0. The van der Waals surface area contributed by atoms with Gasteiger partial charge < -0.3 is 18.8 Å². The molecular weight excluding hydrogens is 329 g/mol. The Labute approximate surface area is 155 Å². The van der Waals surface area contributed by atoms with Crippen LogP contribution in [0.2, 0.25) is 0 Å². The molecule has 1 amide bonds. The molecule has 0 saturated carbocycles. The number of carbonyl (C=O) groups excluding carboxylic acids is 1. The molecule has 1 aromatic heterocycles. The molecule has 0 bridgehead atoms. The van der Waals surface area contributed by atoms with Crippen molar-refractivity contribution in [2.24, 2.45) is 7.05 Å². The van der Waals surface area contributed by atoms with E-state index in [4.69, 9.17) is 9.31 Å². The molecule has 6 nitrogen and oxygen atoms in total. The summed E-state index contributed by atoms with van der Waals surface area (Å²) in [5.41, 5.74) is 0.775. The highest BCUT2D eigenvalue weighted by atomic mass is 16.7. The number of aromatic nitrogens is 2. The minimum Gasteiger partial charge on any atom is -0.399 e. The van der Waals surface area contributed by atoms with E-state index in [-0.39, 0.29) is 17.1 Å². The number of amides is 1. The van der Waals surface area contributed by atoms with Crippen LogP contribution in [0.15, 0.2) is 36.7 Å². The van der Waals surface area contributed by atoms with Crippen LogP contribution >= 0.6 is 0 Å². The van der Waals surface area contributed by atoms with E-state index in [1.807, 2.05) is 69.8 Å². The number of aryl methyl sites for hydroxylation is 1. The normalized spacial score (nSPS) is 18.2. The molecule has 0 radical (unpaired) electrons. The van der Waals surface area contributed by atoms with Crippen LogP contribution in [0.4, 0.5) is 0 Å². The van der Waals surface area contributed by atoms with Gasteiger partial charge in [-0.3, -0.25) is 4.79 Å². The monoisotopic (exact) mass is 355 g/mol. The van der Waals surface area contributed by atoms with E-state index < -0.39 is 7.12 Å². The standard InChI is InChI=1S/C19H26BN3O3/c1-18(2)19(3,4)26-20(25-18)15-9-7-14(8-10-15)17(24)23(6)13-16-21-11-12-22(16)5/h7-12H,13H2,1-6H3. The van der Waals surface area contributed by atoms with Gasteiger partial charge in [-0.25, -0.2) is 4.98 Å². The highest BCUT2D eigenvalue weighted by molar-refractivity contribution is 6.62. The first-order valence-corrected chi connectivity index (χ1v) is 8.78. The molecule has 3 rings (SSSR count). The lowest BCUT2D eigenvalue weighted by molar-refractivity contribution is 0.00578. The van der Waals surface area contributed by atoms with Crippen molar-refractivity contribution in [1.82, 2.24) is 14.5 Å². The summed E-state index contributed by atoms with van der Waals surface area (Å²) in [7, 11) is 3.27. The SMILES string of the molecule is CN(Cc1nccn1C)C(=O)c1ccc(B2OC(C)(C)C(C)(C)O2)cc1. The second-order valence-electron chi connectivity index (χ2n) is 7.83. The van der Waals surface area contributed by atoms with Crippen molar-refractivity contribution in [1.29, 1.82) is 0 Å². The zero-order valence-corrected chi connectivity index (χ0v) is 16.3. The smallest absolute Gasteiger partial charge is 0.399 e. The fourth-order valence-electron chi connectivity index (χ4n) is 2.82. The third kappa shape index (κ3) is 3.41. The number of benzene rings is 1. The number of carbonyl (C=O) groups is 1. The minimum absolute atomic E-state index is 0.0477. The molecule has 26 heavy (non-hydrogen) atoms. The molecule has 2 aromatic rings. The Kier molecular flexibility index (Phi) is 4.71. The first kappa shape index (κ1) is 18.7. The van der Waals surface area contributed by atoms with Crippen LogP contribution in [0.1, 0.15) is 43.9 Å². The second-order valence-corrected chi connectivity index (χ2v) is 7.83. The van der Waals surface area contributed by atoms with Crippen molar-refractivity contribution in [3.05, 3.63) is 48.0 Å². The second kappa shape index (κ2) is 6.56. The predicted octanol–water partition coefficient (Wildman–Crippen LogP) is 1.99. The number of nitrogens with zero attached hydrogens (tertiary/aromatic N) is 3. The lowest BCUT2D eigenvalue weighted by atomic mass is 9.79. The lowest BCUT2D eigenvalue weighted by Crippen LogP contribution is -2.41. The molecule has 1 aromatic carbocycles. The van der Waals surface area contributed by atoms with E-state index >= 15 is 0 Å². The van der Waals surface area contributed by atoms with Gasteiger partial charge in [0.15, 0.2) is 0 Å². The van der Waals surface area contributed by atoms with E-state index in [1.165, 1.54) is 0 Å². The third-order valence-corrected chi connectivity index (χ3v) is 5.33. The van der Waals surface area contributed by atoms with E-state index in [2.05, 4.69) is 4.98 Å². The maximum Gasteiger partial charge on any atom is 0.494 e. The summed E-state index contributed by atoms with van der Waals surface area (Å²) < 4.78 is 14.0. The van der Waals surface area contributed by atoms with Crippen LogP contribution in [0.25, 0.3) is 0 Å². The Bertz CT molecular complexity index is 783. The van der Waals surface area contributed by atoms with Crippen LogP contribution < -0.4 is 5.46 Å². The van der Waals surface area contributed by atoms with Crippen molar-refractivity contribution in [2.45, 2.75) is 45.4 Å². The zero-order chi connectivity index (χ0) is 19.1. The number of hydrogen-bond acceptors (Lipinski definition) is 4. The van der Waals surface area contributed by atoms with E-state index in [1.54, 1.807) is 18.1 Å². The summed E-state index contributed by atoms with van der Waals surface area (Å²) in [6.07, 6.45) is 3.60. The molecule has 1 fully saturated rings. The molecule has 1 aliphatic rings. The Hall–Kier alpha value is -2.12. The van der Waals surface area contributed by atoms with Crippen LogP contribution in [-0.2, 0) is 22.9 Å². The van der Waals surface area contributed by atoms with Gasteiger partial charge in [0, 0.05) is 32.1 Å². The van der Waals surface area contributed by atoms with Gasteiger partial charge in [0.05, 0.1) is 17.7 Å². The number of rotatable bonds is 4. The number of hydrogen-bond donors (Lipinski definition) is 0. The summed E-state index contributed by atoms with van der Waals surface area (Å²) in [4.78, 5) is 18.6. The largest absolute Gasteiger partial charge is 0.494 e. The molecule has 0 atom stereocenters. The van der Waals surface area contributed by atoms with Gasteiger partial charge in [0.25, 0.3) is 5.91 Å². The molecule has 1 saturated heterocycles. The highest BCUT2D eigenvalue weighted by Crippen LogP contribution is 2.36. The molecular formula is C19H26BN3O3. The molecule has 0 unspecified atom stereocenters. The maximum atomic E-state index is 12.6. The first-order chi connectivity index (χ1) is 12.1. The maximum absolute atomic E-state index is 12.6. The molecule has 7 heteroatoms. The van der Waals surface area contributed by atoms with E-state index in [0.717, 1.165) is 11.3 Å². The Morgan fingerprint density at radius 3 is 2.23 bits per heavy atom. The fraction of sp³-hybridized carbons (Fsp3) is 0.474. The van der Waals surface area contributed by atoms with Gasteiger partial charge >= 0.3 is 7.12 Å². The van der Waals surface area contributed by atoms with Crippen LogP contribution in [0, 0.1) is 0 Å². The topological polar surface area (TPSA) is 56.6 Å². The fourth-order valence-corrected chi connectivity index (χ4v) is 2.82. The van der Waals surface area contributed by atoms with Gasteiger partial charge in [-0.15, -0.1) is 0 Å². The average molecular weight is 355 g/mol. The van der Waals surface area contributed by atoms with Gasteiger partial charge in [0.2, 0.25) is 0 Å². The average Bonchev–Trinajstić information content (AvgIpc) is 3.07. The van der Waals surface area contributed by atoms with Crippen molar-refractivity contribution >= 4 is 18.5 Å². The van der Waals surface area contributed by atoms with Crippen LogP contribution in [-0.4, -0.2) is 45.7 Å². The van der Waals surface area contributed by atoms with Gasteiger partial charge in [-0.1, -0.05) is 12.1 Å². The molecule has 2 heterocycles. The highest BCUT2D eigenvalue weighted by Gasteiger charge is 2.51. The van der Waals surface area contributed by atoms with Gasteiger partial charge in [-0.2, -0.15) is 0 Å². The van der Waals surface area contributed by atoms with Crippen molar-refractivity contribution in [3.8, 4) is 0 Å². The predicted molar refractivity (Wildman–Crippen MR) is 101 cm³/mol. The molecule has 1 aliphatic heterocycles. The quantitative estimate of drug-likeness (QED) is 0.788. The lowest BCUT2D eigenvalue weighted by Gasteiger charge is -2.32. The molecule has 0 aliphatic carbocycles. The summed E-state index contributed by atoms with van der Waals surface area (Å²) >= 11 is 0. The van der Waals surface area contributed by atoms with E-state index in [9.17, 15) is 4.79 Å². The van der Waals surface area contributed by atoms with Gasteiger partial charge in [0.1, 0.15) is 5.82 Å². The molecule has 138 valence electrons. The summed E-state index contributed by atoms with van der Waals surface area (Å²) in [5.74, 6) is 0.795. The first-order valence-electron chi connectivity index (χ1n) is 8.78. The summed E-state index contributed by atoms with van der Waals surface area (Å²) in [6, 6.07) is 7.42. The summed E-state index contributed by atoms with van der Waals surface area (Å²) in [6.45, 7) is 8.56. The zero-order valence-electron chi connectivity index (χ0n) is 16.3. The van der Waals surface area contributed by atoms with E-state index in [0.29, 0.717) is 12.1 Å². The molecule has 0 N–H and O–H groups in total.